The number of benzene rings is 2. The van der Waals surface area contributed by atoms with Crippen LogP contribution in [0.4, 0.5) is 0 Å². The van der Waals surface area contributed by atoms with E-state index in [0.29, 0.717) is 11.7 Å². The average Bonchev–Trinajstić information content (AvgIpc) is 2.28. The van der Waals surface area contributed by atoms with Crippen molar-refractivity contribution in [2.24, 2.45) is 0 Å². The molecule has 0 aliphatic heterocycles. The molecule has 0 radical (unpaired) electrons. The van der Waals surface area contributed by atoms with Crippen LogP contribution in [0.25, 0.3) is 11.1 Å². The predicted octanol–water partition coefficient (Wildman–Crippen LogP) is 4.49. The molecule has 2 aromatic rings. The Morgan fingerprint density at radius 2 is 1.53 bits per heavy atom. The Bertz CT molecular complexity index is 489. The van der Waals surface area contributed by atoms with Crippen LogP contribution in [0.5, 0.6) is 5.75 Å². The second-order valence-corrected chi connectivity index (χ2v) is 4.83. The van der Waals surface area contributed by atoms with Crippen LogP contribution in [0.15, 0.2) is 42.5 Å². The molecule has 0 saturated heterocycles. The van der Waals surface area contributed by atoms with Crippen LogP contribution in [-0.2, 0) is 0 Å². The lowest BCUT2D eigenvalue weighted by Gasteiger charge is -2.08. The number of rotatable bonds is 2. The molecule has 0 aliphatic carbocycles. The van der Waals surface area contributed by atoms with Crippen molar-refractivity contribution < 1.29 is 5.11 Å². The quantitative estimate of drug-likeness (QED) is 0.799. The van der Waals surface area contributed by atoms with Gasteiger partial charge < -0.3 is 5.11 Å². The average molecular weight is 226 g/mol. The molecule has 88 valence electrons. The van der Waals surface area contributed by atoms with Gasteiger partial charge in [-0.05, 0) is 47.2 Å². The highest BCUT2D eigenvalue weighted by Crippen LogP contribution is 2.26. The Morgan fingerprint density at radius 1 is 0.882 bits per heavy atom. The summed E-state index contributed by atoms with van der Waals surface area (Å²) in [5.41, 5.74) is 4.63. The van der Waals surface area contributed by atoms with Gasteiger partial charge in [0.05, 0.1) is 0 Å². The van der Waals surface area contributed by atoms with Crippen molar-refractivity contribution in [1.82, 2.24) is 0 Å². The summed E-state index contributed by atoms with van der Waals surface area (Å²) in [5, 5.41) is 9.60. The van der Waals surface area contributed by atoms with Crippen molar-refractivity contribution in [2.45, 2.75) is 26.7 Å². The summed E-state index contributed by atoms with van der Waals surface area (Å²) in [6, 6.07) is 14.2. The molecule has 2 aromatic carbocycles. The van der Waals surface area contributed by atoms with Crippen LogP contribution >= 0.6 is 0 Å². The fourth-order valence-corrected chi connectivity index (χ4v) is 1.99. The van der Waals surface area contributed by atoms with Crippen LogP contribution in [-0.4, -0.2) is 5.11 Å². The Kier molecular flexibility index (Phi) is 3.19. The first kappa shape index (κ1) is 11.7. The summed E-state index contributed by atoms with van der Waals surface area (Å²) in [4.78, 5) is 0. The zero-order valence-electron chi connectivity index (χ0n) is 10.6. The van der Waals surface area contributed by atoms with Crippen molar-refractivity contribution >= 4 is 0 Å². The fraction of sp³-hybridized carbons (Fsp3) is 0.250. The minimum absolute atomic E-state index is 0.327. The van der Waals surface area contributed by atoms with Gasteiger partial charge in [-0.25, -0.2) is 0 Å². The third-order valence-corrected chi connectivity index (χ3v) is 2.97. The van der Waals surface area contributed by atoms with Gasteiger partial charge in [0.25, 0.3) is 0 Å². The molecule has 0 saturated carbocycles. The highest BCUT2D eigenvalue weighted by atomic mass is 16.3. The number of aromatic hydroxyl groups is 1. The molecule has 1 heteroatoms. The smallest absolute Gasteiger partial charge is 0.116 e. The molecule has 0 aromatic heterocycles. The van der Waals surface area contributed by atoms with Crippen LogP contribution in [0.3, 0.4) is 0 Å². The molecule has 2 rings (SSSR count). The van der Waals surface area contributed by atoms with Crippen LogP contribution in [0, 0.1) is 6.92 Å². The first-order valence-corrected chi connectivity index (χ1v) is 5.97. The second-order valence-electron chi connectivity index (χ2n) is 4.83. The van der Waals surface area contributed by atoms with Crippen LogP contribution < -0.4 is 0 Å². The van der Waals surface area contributed by atoms with Gasteiger partial charge >= 0.3 is 0 Å². The molecule has 0 fully saturated rings. The number of phenols is 1. The molecule has 0 atom stereocenters. The molecule has 0 amide bonds. The van der Waals surface area contributed by atoms with Crippen molar-refractivity contribution in [3.8, 4) is 16.9 Å². The first-order chi connectivity index (χ1) is 8.06. The summed E-state index contributed by atoms with van der Waals surface area (Å²) in [7, 11) is 0. The Labute approximate surface area is 103 Å². The van der Waals surface area contributed by atoms with Gasteiger partial charge in [-0.15, -0.1) is 0 Å². The molecule has 0 unspecified atom stereocenters. The second kappa shape index (κ2) is 4.62. The minimum atomic E-state index is 0.327. The van der Waals surface area contributed by atoms with Gasteiger partial charge in [-0.1, -0.05) is 44.2 Å². The largest absolute Gasteiger partial charge is 0.508 e. The summed E-state index contributed by atoms with van der Waals surface area (Å²) in [6.45, 7) is 6.37. The van der Waals surface area contributed by atoms with E-state index in [0.717, 1.165) is 16.7 Å². The summed E-state index contributed by atoms with van der Waals surface area (Å²) >= 11 is 0. The Morgan fingerprint density at radius 3 is 2.06 bits per heavy atom. The molecule has 0 aliphatic rings. The Hall–Kier alpha value is -1.76. The van der Waals surface area contributed by atoms with Crippen LogP contribution in [0.2, 0.25) is 0 Å². The van der Waals surface area contributed by atoms with E-state index in [4.69, 9.17) is 0 Å². The lowest BCUT2D eigenvalue weighted by Crippen LogP contribution is -1.87. The van der Waals surface area contributed by atoms with Crippen LogP contribution in [0.1, 0.15) is 30.9 Å². The standard InChI is InChI=1S/C16H18O/c1-11(2)13-4-6-14(7-5-13)15-8-12(3)9-16(17)10-15/h4-11,17H,1-3H3. The van der Waals surface area contributed by atoms with E-state index < -0.39 is 0 Å². The van der Waals surface area contributed by atoms with Gasteiger partial charge in [-0.2, -0.15) is 0 Å². The number of aryl methyl sites for hydroxylation is 1. The monoisotopic (exact) mass is 226 g/mol. The highest BCUT2D eigenvalue weighted by Gasteiger charge is 2.02. The van der Waals surface area contributed by atoms with E-state index >= 15 is 0 Å². The predicted molar refractivity (Wildman–Crippen MR) is 72.4 cm³/mol. The molecule has 1 N–H and O–H groups in total. The third-order valence-electron chi connectivity index (χ3n) is 2.97. The summed E-state index contributed by atoms with van der Waals surface area (Å²) < 4.78 is 0. The Balaban J connectivity index is 2.39. The van der Waals surface area contributed by atoms with Gasteiger partial charge in [0.1, 0.15) is 5.75 Å². The molecular weight excluding hydrogens is 208 g/mol. The van der Waals surface area contributed by atoms with E-state index in [1.807, 2.05) is 6.92 Å². The number of hydrogen-bond acceptors (Lipinski definition) is 1. The number of hydrogen-bond donors (Lipinski definition) is 1. The maximum atomic E-state index is 9.60. The zero-order valence-corrected chi connectivity index (χ0v) is 10.6. The van der Waals surface area contributed by atoms with Crippen molar-refractivity contribution in [3.05, 3.63) is 53.6 Å². The van der Waals surface area contributed by atoms with Crippen molar-refractivity contribution in [2.75, 3.05) is 0 Å². The van der Waals surface area contributed by atoms with E-state index in [1.165, 1.54) is 5.56 Å². The van der Waals surface area contributed by atoms with E-state index in [1.54, 1.807) is 12.1 Å². The normalized spacial score (nSPS) is 10.8. The summed E-state index contributed by atoms with van der Waals surface area (Å²) in [5.74, 6) is 0.878. The molecule has 0 heterocycles. The highest BCUT2D eigenvalue weighted by molar-refractivity contribution is 5.66. The minimum Gasteiger partial charge on any atom is -0.508 e. The van der Waals surface area contributed by atoms with E-state index in [-0.39, 0.29) is 0 Å². The zero-order chi connectivity index (χ0) is 12.4. The maximum Gasteiger partial charge on any atom is 0.116 e. The third kappa shape index (κ3) is 2.68. The molecule has 0 spiro atoms. The molecular formula is C16H18O. The topological polar surface area (TPSA) is 20.2 Å². The maximum absolute atomic E-state index is 9.60. The van der Waals surface area contributed by atoms with Crippen molar-refractivity contribution in [1.29, 1.82) is 0 Å². The number of phenolic OH excluding ortho intramolecular Hbond substituents is 1. The van der Waals surface area contributed by atoms with E-state index in [9.17, 15) is 5.11 Å². The van der Waals surface area contributed by atoms with Crippen molar-refractivity contribution in [3.63, 3.8) is 0 Å². The molecule has 17 heavy (non-hydrogen) atoms. The van der Waals surface area contributed by atoms with Gasteiger partial charge in [0.15, 0.2) is 0 Å². The van der Waals surface area contributed by atoms with E-state index in [2.05, 4.69) is 44.2 Å². The first-order valence-electron chi connectivity index (χ1n) is 5.97. The summed E-state index contributed by atoms with van der Waals surface area (Å²) in [6.07, 6.45) is 0. The lowest BCUT2D eigenvalue weighted by atomic mass is 9.98. The lowest BCUT2D eigenvalue weighted by molar-refractivity contribution is 0.475. The van der Waals surface area contributed by atoms with Gasteiger partial charge in [0, 0.05) is 0 Å². The molecule has 1 nitrogen and oxygen atoms in total. The fourth-order valence-electron chi connectivity index (χ4n) is 1.99. The molecule has 0 bridgehead atoms. The SMILES string of the molecule is Cc1cc(O)cc(-c2ccc(C(C)C)cc2)c1. The van der Waals surface area contributed by atoms with Gasteiger partial charge in [0.2, 0.25) is 0 Å². The van der Waals surface area contributed by atoms with Gasteiger partial charge in [-0.3, -0.25) is 0 Å².